The Morgan fingerprint density at radius 1 is 0.867 bits per heavy atom. The molecule has 2 saturated heterocycles. The third kappa shape index (κ3) is 5.58. The summed E-state index contributed by atoms with van der Waals surface area (Å²) >= 11 is 0. The number of likely N-dealkylation sites (tertiary alicyclic amines) is 1. The maximum absolute atomic E-state index is 13.0. The predicted molar refractivity (Wildman–Crippen MR) is 115 cm³/mol. The molecule has 1 aromatic rings. The first kappa shape index (κ1) is 21.2. The van der Waals surface area contributed by atoms with Crippen molar-refractivity contribution in [3.05, 3.63) is 30.1 Å². The van der Waals surface area contributed by atoms with Crippen LogP contribution in [0.3, 0.4) is 0 Å². The molecule has 0 unspecified atom stereocenters. The van der Waals surface area contributed by atoms with Crippen molar-refractivity contribution in [2.75, 3.05) is 57.7 Å². The fourth-order valence-electron chi connectivity index (χ4n) is 5.16. The fraction of sp³-hybridized carbons (Fsp3) is 0.652. The topological polar surface area (TPSA) is 55.9 Å². The minimum absolute atomic E-state index is 0.0958. The molecule has 3 aliphatic rings. The van der Waals surface area contributed by atoms with Crippen LogP contribution in [0.4, 0.5) is 10.1 Å². The van der Waals surface area contributed by atoms with E-state index in [4.69, 9.17) is 0 Å². The third-order valence-electron chi connectivity index (χ3n) is 6.96. The minimum atomic E-state index is -0.318. The van der Waals surface area contributed by atoms with Crippen molar-refractivity contribution in [1.29, 1.82) is 0 Å². The number of piperazine rings is 1. The summed E-state index contributed by atoms with van der Waals surface area (Å²) in [6, 6.07) is 5.80. The molecule has 0 bridgehead atoms. The zero-order valence-corrected chi connectivity index (χ0v) is 17.7. The van der Waals surface area contributed by atoms with Crippen molar-refractivity contribution in [2.45, 2.75) is 32.1 Å². The Balaban J connectivity index is 1.17. The minimum Gasteiger partial charge on any atom is -0.341 e. The number of halogens is 1. The van der Waals surface area contributed by atoms with Gasteiger partial charge in [0.05, 0.1) is 13.1 Å². The monoisotopic (exact) mass is 416 g/mol. The molecule has 164 valence electrons. The Kier molecular flexibility index (Phi) is 7.00. The number of amides is 2. The van der Waals surface area contributed by atoms with Crippen LogP contribution in [0.2, 0.25) is 0 Å². The molecule has 1 saturated carbocycles. The second-order valence-corrected chi connectivity index (χ2v) is 9.04. The van der Waals surface area contributed by atoms with E-state index in [1.807, 2.05) is 0 Å². The van der Waals surface area contributed by atoms with E-state index < -0.39 is 0 Å². The maximum atomic E-state index is 13.0. The molecule has 4 rings (SSSR count). The van der Waals surface area contributed by atoms with Gasteiger partial charge in [-0.3, -0.25) is 19.4 Å². The summed E-state index contributed by atoms with van der Waals surface area (Å²) in [5, 5.41) is 2.80. The average molecular weight is 417 g/mol. The van der Waals surface area contributed by atoms with Crippen molar-refractivity contribution in [3.8, 4) is 0 Å². The lowest BCUT2D eigenvalue weighted by Crippen LogP contribution is -2.53. The lowest BCUT2D eigenvalue weighted by molar-refractivity contribution is -0.136. The van der Waals surface area contributed by atoms with Crippen LogP contribution >= 0.6 is 0 Å². The highest BCUT2D eigenvalue weighted by atomic mass is 19.1. The van der Waals surface area contributed by atoms with E-state index in [-0.39, 0.29) is 17.6 Å². The van der Waals surface area contributed by atoms with Gasteiger partial charge in [0.25, 0.3) is 0 Å². The van der Waals surface area contributed by atoms with Gasteiger partial charge >= 0.3 is 0 Å². The number of nitrogens with one attached hydrogen (secondary N) is 1. The Labute approximate surface area is 178 Å². The Morgan fingerprint density at radius 2 is 1.50 bits per heavy atom. The smallest absolute Gasteiger partial charge is 0.238 e. The quantitative estimate of drug-likeness (QED) is 0.801. The van der Waals surface area contributed by atoms with E-state index in [2.05, 4.69) is 20.0 Å². The van der Waals surface area contributed by atoms with Crippen molar-refractivity contribution in [3.63, 3.8) is 0 Å². The van der Waals surface area contributed by atoms with Gasteiger partial charge in [0, 0.05) is 45.0 Å². The molecule has 2 atom stereocenters. The summed E-state index contributed by atoms with van der Waals surface area (Å²) in [5.41, 5.74) is 0.604. The van der Waals surface area contributed by atoms with Gasteiger partial charge in [-0.2, -0.15) is 0 Å². The summed E-state index contributed by atoms with van der Waals surface area (Å²) in [4.78, 5) is 31.4. The Hall–Kier alpha value is -1.99. The van der Waals surface area contributed by atoms with Crippen molar-refractivity contribution >= 4 is 17.5 Å². The molecule has 3 fully saturated rings. The van der Waals surface area contributed by atoms with Gasteiger partial charge in [0.1, 0.15) is 5.82 Å². The Bertz CT molecular complexity index is 733. The first-order valence-electron chi connectivity index (χ1n) is 11.3. The van der Waals surface area contributed by atoms with Crippen LogP contribution in [0.15, 0.2) is 24.3 Å². The van der Waals surface area contributed by atoms with E-state index in [1.54, 1.807) is 12.1 Å². The van der Waals surface area contributed by atoms with E-state index in [0.29, 0.717) is 24.7 Å². The highest BCUT2D eigenvalue weighted by Gasteiger charge is 2.33. The number of piperidine rings is 1. The van der Waals surface area contributed by atoms with Crippen LogP contribution in [0, 0.1) is 17.7 Å². The van der Waals surface area contributed by atoms with Gasteiger partial charge in [-0.25, -0.2) is 4.39 Å². The normalized spacial score (nSPS) is 25.6. The van der Waals surface area contributed by atoms with E-state index in [1.165, 1.54) is 44.2 Å². The number of nitrogens with zero attached hydrogens (tertiary/aromatic N) is 3. The average Bonchev–Trinajstić information content (AvgIpc) is 2.76. The van der Waals surface area contributed by atoms with Gasteiger partial charge in [0.2, 0.25) is 11.8 Å². The second-order valence-electron chi connectivity index (χ2n) is 9.04. The number of carbonyl (C=O) groups excluding carboxylic acids is 2. The van der Waals surface area contributed by atoms with Gasteiger partial charge in [0.15, 0.2) is 0 Å². The summed E-state index contributed by atoms with van der Waals surface area (Å²) in [6.07, 6.45) is 6.49. The molecule has 2 aliphatic heterocycles. The largest absolute Gasteiger partial charge is 0.341 e. The highest BCUT2D eigenvalue weighted by molar-refractivity contribution is 5.92. The van der Waals surface area contributed by atoms with Gasteiger partial charge in [-0.1, -0.05) is 19.3 Å². The summed E-state index contributed by atoms with van der Waals surface area (Å²) in [6.45, 7) is 5.83. The number of hydrogen-bond donors (Lipinski definition) is 1. The summed E-state index contributed by atoms with van der Waals surface area (Å²) < 4.78 is 13.0. The molecule has 1 N–H and O–H groups in total. The van der Waals surface area contributed by atoms with Crippen molar-refractivity contribution < 1.29 is 14.0 Å². The molecule has 2 heterocycles. The lowest BCUT2D eigenvalue weighted by Gasteiger charge is -2.42. The molecule has 0 spiro atoms. The molecule has 1 aromatic carbocycles. The fourth-order valence-corrected chi connectivity index (χ4v) is 5.16. The SMILES string of the molecule is O=C(CN1CCN(CC(=O)N2CC[C@H]3CCCC[C@@H]3C2)CC1)Nc1ccc(F)cc1. The van der Waals surface area contributed by atoms with Crippen molar-refractivity contribution in [2.24, 2.45) is 11.8 Å². The van der Waals surface area contributed by atoms with Crippen LogP contribution in [0.25, 0.3) is 0 Å². The van der Waals surface area contributed by atoms with Crippen LogP contribution in [-0.4, -0.2) is 78.9 Å². The van der Waals surface area contributed by atoms with Crippen LogP contribution in [0.5, 0.6) is 0 Å². The molecule has 0 radical (unpaired) electrons. The zero-order valence-electron chi connectivity index (χ0n) is 17.7. The van der Waals surface area contributed by atoms with E-state index in [0.717, 1.165) is 45.2 Å². The lowest BCUT2D eigenvalue weighted by atomic mass is 9.75. The number of rotatable bonds is 5. The van der Waals surface area contributed by atoms with E-state index in [9.17, 15) is 14.0 Å². The predicted octanol–water partition coefficient (Wildman–Crippen LogP) is 2.42. The molecule has 1 aliphatic carbocycles. The molecular weight excluding hydrogens is 383 g/mol. The third-order valence-corrected chi connectivity index (χ3v) is 6.96. The molecule has 7 heteroatoms. The summed E-state index contributed by atoms with van der Waals surface area (Å²) in [7, 11) is 0. The first-order chi connectivity index (χ1) is 14.6. The number of benzene rings is 1. The number of fused-ring (bicyclic) bond motifs is 1. The van der Waals surface area contributed by atoms with Crippen LogP contribution in [0.1, 0.15) is 32.1 Å². The number of hydrogen-bond acceptors (Lipinski definition) is 4. The van der Waals surface area contributed by atoms with Gasteiger partial charge < -0.3 is 10.2 Å². The van der Waals surface area contributed by atoms with E-state index >= 15 is 0 Å². The van der Waals surface area contributed by atoms with Crippen LogP contribution < -0.4 is 5.32 Å². The molecule has 0 aromatic heterocycles. The number of anilines is 1. The molecule has 30 heavy (non-hydrogen) atoms. The zero-order chi connectivity index (χ0) is 20.9. The number of carbonyl (C=O) groups is 2. The summed E-state index contributed by atoms with van der Waals surface area (Å²) in [5.74, 6) is 1.41. The molecule has 2 amide bonds. The van der Waals surface area contributed by atoms with Gasteiger partial charge in [-0.05, 0) is 48.9 Å². The van der Waals surface area contributed by atoms with Crippen molar-refractivity contribution in [1.82, 2.24) is 14.7 Å². The highest BCUT2D eigenvalue weighted by Crippen LogP contribution is 2.36. The van der Waals surface area contributed by atoms with Crippen LogP contribution in [-0.2, 0) is 9.59 Å². The van der Waals surface area contributed by atoms with Gasteiger partial charge in [-0.15, -0.1) is 0 Å². The second kappa shape index (κ2) is 9.88. The Morgan fingerprint density at radius 3 is 2.20 bits per heavy atom. The standard InChI is InChI=1S/C23H33FN4O2/c24-20-5-7-21(8-6-20)25-22(29)16-26-11-13-27(14-12-26)17-23(30)28-10-9-18-3-1-2-4-19(18)15-28/h5-8,18-19H,1-4,9-17H2,(H,25,29)/t18-,19-/m1/s1. The molecular formula is C23H33FN4O2. The first-order valence-corrected chi connectivity index (χ1v) is 11.3. The maximum Gasteiger partial charge on any atom is 0.238 e. The molecule has 6 nitrogen and oxygen atoms in total.